The monoisotopic (exact) mass is 401 g/mol. The molecular formula is C23H23N5O2. The van der Waals surface area contributed by atoms with Gasteiger partial charge in [0.25, 0.3) is 5.91 Å². The van der Waals surface area contributed by atoms with Crippen LogP contribution in [0.25, 0.3) is 0 Å². The third-order valence-corrected chi connectivity index (χ3v) is 5.87. The van der Waals surface area contributed by atoms with Gasteiger partial charge in [-0.2, -0.15) is 0 Å². The summed E-state index contributed by atoms with van der Waals surface area (Å²) in [5.41, 5.74) is 3.10. The van der Waals surface area contributed by atoms with Gasteiger partial charge in [-0.25, -0.2) is 9.79 Å². The molecule has 0 radical (unpaired) electrons. The van der Waals surface area contributed by atoms with Crippen LogP contribution in [0.3, 0.4) is 0 Å². The van der Waals surface area contributed by atoms with E-state index in [-0.39, 0.29) is 18.5 Å². The minimum Gasteiger partial charge on any atom is -0.310 e. The first kappa shape index (κ1) is 18.4. The predicted molar refractivity (Wildman–Crippen MR) is 113 cm³/mol. The summed E-state index contributed by atoms with van der Waals surface area (Å²) >= 11 is 0. The number of fused-ring (bicyclic) bond motifs is 3. The van der Waals surface area contributed by atoms with Gasteiger partial charge in [0.2, 0.25) is 5.96 Å². The van der Waals surface area contributed by atoms with Crippen molar-refractivity contribution in [1.29, 1.82) is 0 Å². The topological polar surface area (TPSA) is 59.5 Å². The van der Waals surface area contributed by atoms with Gasteiger partial charge in [-0.05, 0) is 18.1 Å². The molecule has 2 aromatic carbocycles. The first-order chi connectivity index (χ1) is 14.5. The van der Waals surface area contributed by atoms with E-state index in [0.717, 1.165) is 22.8 Å². The number of guanidine groups is 1. The van der Waals surface area contributed by atoms with Gasteiger partial charge in [-0.1, -0.05) is 60.7 Å². The highest BCUT2D eigenvalue weighted by Crippen LogP contribution is 2.35. The summed E-state index contributed by atoms with van der Waals surface area (Å²) in [6, 6.07) is 18.9. The molecule has 2 unspecified atom stereocenters. The van der Waals surface area contributed by atoms with Gasteiger partial charge in [-0.15, -0.1) is 0 Å². The van der Waals surface area contributed by atoms with Crippen LogP contribution in [0.4, 0.5) is 4.79 Å². The van der Waals surface area contributed by atoms with E-state index in [9.17, 15) is 9.59 Å². The Hall–Kier alpha value is -3.61. The molecule has 7 heteroatoms. The van der Waals surface area contributed by atoms with E-state index in [1.165, 1.54) is 4.90 Å². The number of imide groups is 1. The standard InChI is InChI=1S/C23H23N5O2/c1-16-13-27-19-20(24-22(27)26(16)14-17-9-5-3-6-10-17)25(2)23(30)28(21(19)29)15-18-11-7-4-8-12-18/h3-13,19-20H,14-15H2,1-2H3. The molecule has 1 fully saturated rings. The highest BCUT2D eigenvalue weighted by Gasteiger charge is 2.54. The van der Waals surface area contributed by atoms with Gasteiger partial charge in [0.1, 0.15) is 0 Å². The Balaban J connectivity index is 1.43. The second-order valence-corrected chi connectivity index (χ2v) is 7.84. The van der Waals surface area contributed by atoms with Gasteiger partial charge in [0, 0.05) is 18.9 Å². The largest absolute Gasteiger partial charge is 0.328 e. The number of nitrogens with zero attached hydrogens (tertiary/aromatic N) is 5. The summed E-state index contributed by atoms with van der Waals surface area (Å²) in [6.07, 6.45) is 1.45. The minimum absolute atomic E-state index is 0.212. The van der Waals surface area contributed by atoms with Crippen molar-refractivity contribution in [2.75, 3.05) is 7.05 Å². The number of rotatable bonds is 4. The van der Waals surface area contributed by atoms with E-state index in [1.54, 1.807) is 11.9 Å². The first-order valence-electron chi connectivity index (χ1n) is 10.0. The normalized spacial score (nSPS) is 22.9. The van der Waals surface area contributed by atoms with E-state index < -0.39 is 12.2 Å². The molecule has 1 saturated heterocycles. The van der Waals surface area contributed by atoms with E-state index in [0.29, 0.717) is 6.54 Å². The van der Waals surface area contributed by atoms with Crippen molar-refractivity contribution in [2.45, 2.75) is 32.2 Å². The van der Waals surface area contributed by atoms with Crippen LogP contribution >= 0.6 is 0 Å². The summed E-state index contributed by atoms with van der Waals surface area (Å²) in [5.74, 6) is 0.511. The van der Waals surface area contributed by atoms with Gasteiger partial charge in [-0.3, -0.25) is 9.69 Å². The number of hydrogen-bond donors (Lipinski definition) is 0. The number of amides is 3. The van der Waals surface area contributed by atoms with Crippen molar-refractivity contribution in [3.8, 4) is 0 Å². The number of likely N-dealkylation sites (N-methyl/N-ethyl adjacent to an activating group) is 1. The number of allylic oxidation sites excluding steroid dienone is 1. The average molecular weight is 401 g/mol. The average Bonchev–Trinajstić information content (AvgIpc) is 3.27. The summed E-state index contributed by atoms with van der Waals surface area (Å²) in [5, 5.41) is 0. The van der Waals surface area contributed by atoms with Crippen LogP contribution < -0.4 is 0 Å². The zero-order chi connectivity index (χ0) is 20.8. The quantitative estimate of drug-likeness (QED) is 0.791. The van der Waals surface area contributed by atoms with Gasteiger partial charge in [0.05, 0.1) is 13.1 Å². The van der Waals surface area contributed by atoms with Gasteiger partial charge >= 0.3 is 6.03 Å². The van der Waals surface area contributed by atoms with Crippen LogP contribution in [0.1, 0.15) is 18.1 Å². The summed E-state index contributed by atoms with van der Waals surface area (Å²) in [7, 11) is 1.72. The maximum atomic E-state index is 13.4. The third-order valence-electron chi connectivity index (χ3n) is 5.87. The van der Waals surface area contributed by atoms with Crippen LogP contribution in [0.2, 0.25) is 0 Å². The molecule has 3 aliphatic rings. The predicted octanol–water partition coefficient (Wildman–Crippen LogP) is 2.82. The number of carbonyl (C=O) groups excluding carboxylic acids is 2. The highest BCUT2D eigenvalue weighted by molar-refractivity contribution is 6.04. The van der Waals surface area contributed by atoms with E-state index >= 15 is 0 Å². The third kappa shape index (κ3) is 2.85. The van der Waals surface area contributed by atoms with E-state index in [1.807, 2.05) is 66.6 Å². The molecular weight excluding hydrogens is 378 g/mol. The van der Waals surface area contributed by atoms with Crippen molar-refractivity contribution in [2.24, 2.45) is 4.99 Å². The van der Waals surface area contributed by atoms with Crippen molar-refractivity contribution in [3.63, 3.8) is 0 Å². The lowest BCUT2D eigenvalue weighted by Gasteiger charge is -2.40. The molecule has 2 aromatic rings. The molecule has 3 heterocycles. The molecule has 7 nitrogen and oxygen atoms in total. The lowest BCUT2D eigenvalue weighted by Crippen LogP contribution is -2.63. The van der Waals surface area contributed by atoms with Crippen molar-refractivity contribution in [1.82, 2.24) is 19.6 Å². The van der Waals surface area contributed by atoms with Crippen LogP contribution in [0, 0.1) is 0 Å². The maximum Gasteiger partial charge on any atom is 0.328 e. The Labute approximate surface area is 175 Å². The SMILES string of the molecule is CC1=CN2C(=NC3C2C(=O)N(Cc2ccccc2)C(=O)N3C)N1Cc1ccccc1. The Morgan fingerprint density at radius 3 is 2.03 bits per heavy atom. The number of urea groups is 1. The van der Waals surface area contributed by atoms with Crippen molar-refractivity contribution >= 4 is 17.9 Å². The number of aliphatic imine (C=N–C) groups is 1. The molecule has 0 bridgehead atoms. The molecule has 3 amide bonds. The summed E-state index contributed by atoms with van der Waals surface area (Å²) in [6.45, 7) is 2.94. The second-order valence-electron chi connectivity index (χ2n) is 7.84. The first-order valence-corrected chi connectivity index (χ1v) is 10.0. The Morgan fingerprint density at radius 2 is 1.43 bits per heavy atom. The molecule has 2 atom stereocenters. The fourth-order valence-electron chi connectivity index (χ4n) is 4.27. The highest BCUT2D eigenvalue weighted by atomic mass is 16.2. The summed E-state index contributed by atoms with van der Waals surface area (Å²) < 4.78 is 0. The molecule has 3 aliphatic heterocycles. The Kier molecular flexibility index (Phi) is 4.31. The van der Waals surface area contributed by atoms with Crippen molar-refractivity contribution in [3.05, 3.63) is 83.7 Å². The van der Waals surface area contributed by atoms with Gasteiger partial charge in [0.15, 0.2) is 12.2 Å². The fourth-order valence-corrected chi connectivity index (χ4v) is 4.27. The Bertz CT molecular complexity index is 1050. The molecule has 0 spiro atoms. The smallest absolute Gasteiger partial charge is 0.310 e. The lowest BCUT2D eigenvalue weighted by molar-refractivity contribution is -0.137. The zero-order valence-electron chi connectivity index (χ0n) is 17.0. The van der Waals surface area contributed by atoms with Crippen molar-refractivity contribution < 1.29 is 9.59 Å². The maximum absolute atomic E-state index is 13.4. The van der Waals surface area contributed by atoms with Crippen LogP contribution in [-0.2, 0) is 17.9 Å². The fraction of sp³-hybridized carbons (Fsp3) is 0.261. The number of benzene rings is 2. The number of hydrogen-bond acceptors (Lipinski definition) is 5. The summed E-state index contributed by atoms with van der Waals surface area (Å²) in [4.78, 5) is 38.1. The number of carbonyl (C=O) groups is 2. The second kappa shape index (κ2) is 7.02. The van der Waals surface area contributed by atoms with E-state index in [4.69, 9.17) is 4.99 Å². The molecule has 152 valence electrons. The molecule has 0 N–H and O–H groups in total. The zero-order valence-corrected chi connectivity index (χ0v) is 17.0. The molecule has 0 aliphatic carbocycles. The molecule has 30 heavy (non-hydrogen) atoms. The van der Waals surface area contributed by atoms with Crippen LogP contribution in [-0.4, -0.2) is 56.8 Å². The molecule has 5 rings (SSSR count). The molecule has 0 aromatic heterocycles. The van der Waals surface area contributed by atoms with Gasteiger partial charge < -0.3 is 14.7 Å². The Morgan fingerprint density at radius 1 is 0.867 bits per heavy atom. The minimum atomic E-state index is -0.540. The molecule has 0 saturated carbocycles. The van der Waals surface area contributed by atoms with Crippen LogP contribution in [0.15, 0.2) is 77.6 Å². The van der Waals surface area contributed by atoms with Crippen LogP contribution in [0.5, 0.6) is 0 Å². The van der Waals surface area contributed by atoms with E-state index in [2.05, 4.69) is 17.0 Å². The lowest BCUT2D eigenvalue weighted by atomic mass is 10.1.